The van der Waals surface area contributed by atoms with Crippen molar-refractivity contribution in [2.45, 2.75) is 11.4 Å². The molecule has 1 amide bonds. The van der Waals surface area contributed by atoms with Gasteiger partial charge in [0.1, 0.15) is 18.2 Å². The second-order valence-electron chi connectivity index (χ2n) is 8.29. The molecule has 1 aliphatic heterocycles. The lowest BCUT2D eigenvalue weighted by Gasteiger charge is -2.34. The molecule has 2 heterocycles. The Labute approximate surface area is 199 Å². The first kappa shape index (κ1) is 23.1. The van der Waals surface area contributed by atoms with E-state index in [1.165, 1.54) is 4.90 Å². The van der Waals surface area contributed by atoms with E-state index < -0.39 is 26.6 Å². The largest absolute Gasteiger partial charge is 0.339 e. The molecular weight excluding hydrogens is 476 g/mol. The molecule has 180 valence electrons. The molecule has 1 fully saturated rings. The Hall–Kier alpha value is -3.63. The summed E-state index contributed by atoms with van der Waals surface area (Å²) in [7, 11) is -4.39. The molecule has 0 spiro atoms. The molecule has 1 saturated heterocycles. The van der Waals surface area contributed by atoms with Crippen LogP contribution in [0.4, 0.5) is 8.78 Å². The summed E-state index contributed by atoms with van der Waals surface area (Å²) in [6, 6.07) is 17.0. The first-order valence-corrected chi connectivity index (χ1v) is 12.5. The van der Waals surface area contributed by atoms with Crippen molar-refractivity contribution < 1.29 is 22.0 Å². The quantitative estimate of drug-likeness (QED) is 0.406. The molecule has 0 bridgehead atoms. The first-order valence-electron chi connectivity index (χ1n) is 11.0. The van der Waals surface area contributed by atoms with Gasteiger partial charge >= 0.3 is 0 Å². The smallest absolute Gasteiger partial charge is 0.249 e. The number of nitrogens with zero attached hydrogens (tertiary/aromatic N) is 3. The lowest BCUT2D eigenvalue weighted by molar-refractivity contribution is -0.132. The van der Waals surface area contributed by atoms with E-state index in [0.717, 1.165) is 22.5 Å². The SMILES string of the molecule is O=C(Cn1c2ccccc2c(=O)c2ccccc21)N1CCN(S(=O)(=O)c2c(F)cccc2F)CC1. The minimum Gasteiger partial charge on any atom is -0.339 e. The second-order valence-corrected chi connectivity index (χ2v) is 10.2. The molecule has 10 heteroatoms. The average Bonchev–Trinajstić information content (AvgIpc) is 2.86. The van der Waals surface area contributed by atoms with Gasteiger partial charge in [-0.25, -0.2) is 17.2 Å². The van der Waals surface area contributed by atoms with Gasteiger partial charge < -0.3 is 9.47 Å². The van der Waals surface area contributed by atoms with Crippen LogP contribution in [-0.2, 0) is 21.4 Å². The van der Waals surface area contributed by atoms with Gasteiger partial charge in [-0.05, 0) is 36.4 Å². The molecule has 0 saturated carbocycles. The highest BCUT2D eigenvalue weighted by Gasteiger charge is 2.34. The fraction of sp³-hybridized carbons (Fsp3) is 0.200. The summed E-state index contributed by atoms with van der Waals surface area (Å²) in [5.74, 6) is -2.56. The highest BCUT2D eigenvalue weighted by molar-refractivity contribution is 7.89. The van der Waals surface area contributed by atoms with Gasteiger partial charge in [0.15, 0.2) is 10.3 Å². The molecular formula is C25H21F2N3O4S. The van der Waals surface area contributed by atoms with Crippen molar-refractivity contribution in [2.75, 3.05) is 26.2 Å². The molecule has 0 N–H and O–H groups in total. The van der Waals surface area contributed by atoms with E-state index in [1.54, 1.807) is 53.1 Å². The van der Waals surface area contributed by atoms with Crippen LogP contribution < -0.4 is 5.43 Å². The number of rotatable bonds is 4. The molecule has 0 unspecified atom stereocenters. The zero-order chi connectivity index (χ0) is 24.7. The van der Waals surface area contributed by atoms with Crippen LogP contribution in [0.2, 0.25) is 0 Å². The van der Waals surface area contributed by atoms with Crippen molar-refractivity contribution in [1.82, 2.24) is 13.8 Å². The van der Waals surface area contributed by atoms with Crippen LogP contribution in [0.5, 0.6) is 0 Å². The fourth-order valence-corrected chi connectivity index (χ4v) is 6.05. The second kappa shape index (κ2) is 8.86. The summed E-state index contributed by atoms with van der Waals surface area (Å²) in [4.78, 5) is 26.7. The maximum atomic E-state index is 14.1. The number of carbonyl (C=O) groups excluding carboxylic acids is 1. The predicted molar refractivity (Wildman–Crippen MR) is 127 cm³/mol. The number of sulfonamides is 1. The van der Waals surface area contributed by atoms with E-state index in [-0.39, 0.29) is 44.1 Å². The zero-order valence-corrected chi connectivity index (χ0v) is 19.3. The van der Waals surface area contributed by atoms with Crippen molar-refractivity contribution in [1.29, 1.82) is 0 Å². The third-order valence-corrected chi connectivity index (χ3v) is 8.23. The van der Waals surface area contributed by atoms with E-state index in [4.69, 9.17) is 0 Å². The summed E-state index contributed by atoms with van der Waals surface area (Å²) >= 11 is 0. The Morgan fingerprint density at radius 3 is 1.83 bits per heavy atom. The van der Waals surface area contributed by atoms with Crippen molar-refractivity contribution in [3.63, 3.8) is 0 Å². The van der Waals surface area contributed by atoms with Crippen LogP contribution in [0.15, 0.2) is 76.4 Å². The summed E-state index contributed by atoms with van der Waals surface area (Å²) in [5.41, 5.74) is 1.14. The molecule has 35 heavy (non-hydrogen) atoms. The lowest BCUT2D eigenvalue weighted by Crippen LogP contribution is -2.51. The number of piperazine rings is 1. The summed E-state index contributed by atoms with van der Waals surface area (Å²) in [6.07, 6.45) is 0. The average molecular weight is 498 g/mol. The lowest BCUT2D eigenvalue weighted by atomic mass is 10.1. The van der Waals surface area contributed by atoms with Crippen LogP contribution in [0.1, 0.15) is 0 Å². The van der Waals surface area contributed by atoms with E-state index in [0.29, 0.717) is 21.8 Å². The van der Waals surface area contributed by atoms with Crippen LogP contribution >= 0.6 is 0 Å². The summed E-state index contributed by atoms with van der Waals surface area (Å²) in [6.45, 7) is -0.0780. The number of carbonyl (C=O) groups is 1. The number of hydrogen-bond donors (Lipinski definition) is 0. The minimum atomic E-state index is -4.39. The number of aromatic nitrogens is 1. The monoisotopic (exact) mass is 497 g/mol. The maximum absolute atomic E-state index is 14.1. The number of amides is 1. The predicted octanol–water partition coefficient (Wildman–Crippen LogP) is 2.97. The van der Waals surface area contributed by atoms with Crippen molar-refractivity contribution in [3.8, 4) is 0 Å². The highest BCUT2D eigenvalue weighted by Crippen LogP contribution is 2.24. The summed E-state index contributed by atoms with van der Waals surface area (Å²) < 4.78 is 56.6. The molecule has 1 aromatic heterocycles. The van der Waals surface area contributed by atoms with Crippen molar-refractivity contribution in [2.24, 2.45) is 0 Å². The van der Waals surface area contributed by atoms with Gasteiger partial charge in [-0.1, -0.05) is 30.3 Å². The maximum Gasteiger partial charge on any atom is 0.249 e. The fourth-order valence-electron chi connectivity index (χ4n) is 4.52. The molecule has 7 nitrogen and oxygen atoms in total. The Bertz CT molecular complexity index is 1550. The van der Waals surface area contributed by atoms with E-state index in [1.807, 2.05) is 0 Å². The number of halogens is 2. The Morgan fingerprint density at radius 1 is 0.771 bits per heavy atom. The Balaban J connectivity index is 1.39. The van der Waals surface area contributed by atoms with Gasteiger partial charge in [0.2, 0.25) is 15.9 Å². The van der Waals surface area contributed by atoms with Gasteiger partial charge in [0, 0.05) is 37.0 Å². The van der Waals surface area contributed by atoms with Crippen LogP contribution in [0.3, 0.4) is 0 Å². The van der Waals surface area contributed by atoms with E-state index in [9.17, 15) is 26.8 Å². The Morgan fingerprint density at radius 2 is 1.29 bits per heavy atom. The molecule has 0 aliphatic carbocycles. The summed E-state index contributed by atoms with van der Waals surface area (Å²) in [5, 5.41) is 1.00. The van der Waals surface area contributed by atoms with Crippen LogP contribution in [-0.4, -0.2) is 54.3 Å². The standard InChI is InChI=1S/C25H21F2N3O4S/c26-19-8-5-9-20(27)25(19)35(33,34)29-14-12-28(13-15-29)23(31)16-30-21-10-3-1-6-17(21)24(32)18-7-2-4-11-22(18)30/h1-11H,12-16H2. The molecule has 0 radical (unpaired) electrons. The van der Waals surface area contributed by atoms with E-state index >= 15 is 0 Å². The topological polar surface area (TPSA) is 79.7 Å². The van der Waals surface area contributed by atoms with Crippen molar-refractivity contribution in [3.05, 3.63) is 88.6 Å². The number of fused-ring (bicyclic) bond motifs is 2. The molecule has 3 aromatic carbocycles. The van der Waals surface area contributed by atoms with E-state index in [2.05, 4.69) is 0 Å². The molecule has 1 aliphatic rings. The van der Waals surface area contributed by atoms with Gasteiger partial charge in [0.25, 0.3) is 0 Å². The zero-order valence-electron chi connectivity index (χ0n) is 18.5. The highest BCUT2D eigenvalue weighted by atomic mass is 32.2. The number of pyridine rings is 1. The minimum absolute atomic E-state index is 0.0456. The van der Waals surface area contributed by atoms with Crippen LogP contribution in [0.25, 0.3) is 21.8 Å². The molecule has 4 aromatic rings. The molecule has 0 atom stereocenters. The third kappa shape index (κ3) is 3.98. The number of benzene rings is 3. The van der Waals surface area contributed by atoms with Gasteiger partial charge in [-0.15, -0.1) is 0 Å². The normalized spacial score (nSPS) is 15.1. The van der Waals surface area contributed by atoms with Crippen LogP contribution in [0, 0.1) is 11.6 Å². The number of hydrogen-bond acceptors (Lipinski definition) is 4. The van der Waals surface area contributed by atoms with Gasteiger partial charge in [0.05, 0.1) is 11.0 Å². The van der Waals surface area contributed by atoms with Gasteiger partial charge in [-0.2, -0.15) is 4.31 Å². The van der Waals surface area contributed by atoms with Gasteiger partial charge in [-0.3, -0.25) is 9.59 Å². The third-order valence-electron chi connectivity index (χ3n) is 6.28. The Kier molecular flexibility index (Phi) is 5.86. The van der Waals surface area contributed by atoms with Crippen molar-refractivity contribution >= 4 is 37.7 Å². The number of para-hydroxylation sites is 2. The molecule has 5 rings (SSSR count). The first-order chi connectivity index (χ1) is 16.8.